The summed E-state index contributed by atoms with van der Waals surface area (Å²) < 4.78 is 65.1. The van der Waals surface area contributed by atoms with Crippen LogP contribution in [0.4, 0.5) is 24.5 Å². The van der Waals surface area contributed by atoms with E-state index >= 15 is 0 Å². The molecular weight excluding hydrogens is 431 g/mol. The van der Waals surface area contributed by atoms with Crippen molar-refractivity contribution in [3.8, 4) is 0 Å². The molecule has 0 aliphatic heterocycles. The molecule has 0 aliphatic rings. The summed E-state index contributed by atoms with van der Waals surface area (Å²) in [4.78, 5) is 12.7. The number of halogens is 3. The summed E-state index contributed by atoms with van der Waals surface area (Å²) in [5.41, 5.74) is -0.380. The molecule has 10 heteroatoms. The number of hydrazine groups is 1. The number of rotatable bonds is 5. The molecule has 0 radical (unpaired) electrons. The molecule has 31 heavy (non-hydrogen) atoms. The molecule has 0 heterocycles. The number of nitrogens with one attached hydrogen (secondary N) is 1. The Morgan fingerprint density at radius 3 is 2.16 bits per heavy atom. The zero-order valence-corrected chi connectivity index (χ0v) is 17.0. The molecular formula is C21H18F3N3O3S. The third-order valence-corrected chi connectivity index (χ3v) is 5.96. The first-order valence-electron chi connectivity index (χ1n) is 8.94. The second-order valence-corrected chi connectivity index (χ2v) is 8.48. The highest BCUT2D eigenvalue weighted by atomic mass is 32.2. The highest BCUT2D eigenvalue weighted by molar-refractivity contribution is 7.89. The average molecular weight is 449 g/mol. The standard InChI is InChI=1S/C21H18F3N3O3S/c1-14-7-10-17(11-8-14)31(29,30)27(25)20(28)18-12-9-15(21(22,23)24)13-19(18)26-16-5-3-2-4-6-16/h2-13,26H,25H2,1H3. The van der Waals surface area contributed by atoms with E-state index in [0.29, 0.717) is 11.8 Å². The van der Waals surface area contributed by atoms with Crippen LogP contribution in [0.1, 0.15) is 21.5 Å². The number of aryl methyl sites for hydroxylation is 1. The fraction of sp³-hybridized carbons (Fsp3) is 0.0952. The van der Waals surface area contributed by atoms with Gasteiger partial charge < -0.3 is 5.32 Å². The monoisotopic (exact) mass is 449 g/mol. The van der Waals surface area contributed by atoms with Gasteiger partial charge in [0.2, 0.25) is 0 Å². The number of benzene rings is 3. The fourth-order valence-electron chi connectivity index (χ4n) is 2.74. The van der Waals surface area contributed by atoms with E-state index in [-0.39, 0.29) is 20.6 Å². The molecule has 0 aliphatic carbocycles. The molecule has 0 bridgehead atoms. The summed E-state index contributed by atoms with van der Waals surface area (Å²) in [6.07, 6.45) is -4.66. The van der Waals surface area contributed by atoms with Gasteiger partial charge in [0, 0.05) is 5.69 Å². The number of anilines is 2. The lowest BCUT2D eigenvalue weighted by molar-refractivity contribution is -0.137. The molecule has 0 unspecified atom stereocenters. The van der Waals surface area contributed by atoms with Crippen molar-refractivity contribution in [1.29, 1.82) is 0 Å². The van der Waals surface area contributed by atoms with Crippen molar-refractivity contribution in [1.82, 2.24) is 4.41 Å². The predicted molar refractivity (Wildman–Crippen MR) is 110 cm³/mol. The van der Waals surface area contributed by atoms with Crippen molar-refractivity contribution in [3.05, 3.63) is 89.5 Å². The van der Waals surface area contributed by atoms with Gasteiger partial charge in [-0.1, -0.05) is 35.9 Å². The predicted octanol–water partition coefficient (Wildman–Crippen LogP) is 4.46. The maximum absolute atomic E-state index is 13.2. The van der Waals surface area contributed by atoms with Crippen LogP contribution in [0, 0.1) is 6.92 Å². The van der Waals surface area contributed by atoms with Crippen molar-refractivity contribution in [2.45, 2.75) is 18.0 Å². The summed E-state index contributed by atoms with van der Waals surface area (Å²) in [5, 5.41) is 2.72. The molecule has 162 valence electrons. The van der Waals surface area contributed by atoms with Gasteiger partial charge in [-0.2, -0.15) is 26.0 Å². The Kier molecular flexibility index (Phi) is 6.05. The van der Waals surface area contributed by atoms with Gasteiger partial charge in [-0.15, -0.1) is 0 Å². The van der Waals surface area contributed by atoms with Gasteiger partial charge in [0.25, 0.3) is 15.9 Å². The van der Waals surface area contributed by atoms with Gasteiger partial charge in [0.15, 0.2) is 0 Å². The molecule has 3 rings (SSSR count). The van der Waals surface area contributed by atoms with Gasteiger partial charge in [-0.25, -0.2) is 5.84 Å². The van der Waals surface area contributed by atoms with Crippen LogP contribution in [0.15, 0.2) is 77.7 Å². The van der Waals surface area contributed by atoms with Crippen LogP contribution in [0.25, 0.3) is 0 Å². The SMILES string of the molecule is Cc1ccc(S(=O)(=O)N(N)C(=O)c2ccc(C(F)(F)F)cc2Nc2ccccc2)cc1. The minimum atomic E-state index is -4.66. The molecule has 0 saturated heterocycles. The summed E-state index contributed by atoms with van der Waals surface area (Å²) in [7, 11) is -4.42. The molecule has 0 saturated carbocycles. The van der Waals surface area contributed by atoms with Crippen LogP contribution in [0.2, 0.25) is 0 Å². The number of carbonyl (C=O) groups excluding carboxylic acids is 1. The van der Waals surface area contributed by atoms with Crippen LogP contribution in [0.5, 0.6) is 0 Å². The van der Waals surface area contributed by atoms with Crippen molar-refractivity contribution in [2.75, 3.05) is 5.32 Å². The molecule has 3 aromatic carbocycles. The van der Waals surface area contributed by atoms with E-state index in [4.69, 9.17) is 5.84 Å². The zero-order valence-electron chi connectivity index (χ0n) is 16.2. The number of amides is 1. The van der Waals surface area contributed by atoms with Crippen molar-refractivity contribution >= 4 is 27.3 Å². The molecule has 0 atom stereocenters. The van der Waals surface area contributed by atoms with Gasteiger partial charge >= 0.3 is 6.18 Å². The van der Waals surface area contributed by atoms with Crippen LogP contribution >= 0.6 is 0 Å². The molecule has 1 amide bonds. The lowest BCUT2D eigenvalue weighted by Gasteiger charge is -2.20. The molecule has 3 aromatic rings. The Hall–Kier alpha value is -3.37. The largest absolute Gasteiger partial charge is 0.416 e. The quantitative estimate of drug-likeness (QED) is 0.341. The normalized spacial score (nSPS) is 11.8. The van der Waals surface area contributed by atoms with E-state index in [1.165, 1.54) is 24.3 Å². The number of carbonyl (C=O) groups is 1. The van der Waals surface area contributed by atoms with Gasteiger partial charge in [-0.3, -0.25) is 4.79 Å². The third kappa shape index (κ3) is 4.86. The zero-order chi connectivity index (χ0) is 22.8. The lowest BCUT2D eigenvalue weighted by Crippen LogP contribution is -2.42. The number of hydrogen-bond acceptors (Lipinski definition) is 5. The van der Waals surface area contributed by atoms with Crippen molar-refractivity contribution < 1.29 is 26.4 Å². The number of alkyl halides is 3. The molecule has 0 spiro atoms. The van der Waals surface area contributed by atoms with E-state index in [9.17, 15) is 26.4 Å². The van der Waals surface area contributed by atoms with Crippen LogP contribution in [0.3, 0.4) is 0 Å². The smallest absolute Gasteiger partial charge is 0.355 e. The first kappa shape index (κ1) is 22.3. The minimum Gasteiger partial charge on any atom is -0.355 e. The third-order valence-electron chi connectivity index (χ3n) is 4.41. The van der Waals surface area contributed by atoms with E-state index < -0.39 is 27.7 Å². The van der Waals surface area contributed by atoms with E-state index in [1.54, 1.807) is 37.3 Å². The van der Waals surface area contributed by atoms with Crippen LogP contribution < -0.4 is 11.2 Å². The van der Waals surface area contributed by atoms with Crippen LogP contribution in [-0.2, 0) is 16.2 Å². The molecule has 3 N–H and O–H groups in total. The Labute approximate surface area is 177 Å². The number of nitrogens with zero attached hydrogens (tertiary/aromatic N) is 1. The van der Waals surface area contributed by atoms with E-state index in [1.807, 2.05) is 0 Å². The Morgan fingerprint density at radius 2 is 1.58 bits per heavy atom. The summed E-state index contributed by atoms with van der Waals surface area (Å²) >= 11 is 0. The number of hydrogen-bond donors (Lipinski definition) is 2. The lowest BCUT2D eigenvalue weighted by atomic mass is 10.1. The van der Waals surface area contributed by atoms with E-state index in [0.717, 1.165) is 17.7 Å². The maximum atomic E-state index is 13.2. The molecule has 0 fully saturated rings. The fourth-order valence-corrected chi connectivity index (χ4v) is 3.76. The first-order chi connectivity index (χ1) is 14.5. The van der Waals surface area contributed by atoms with Crippen molar-refractivity contribution in [2.24, 2.45) is 5.84 Å². The highest BCUT2D eigenvalue weighted by Gasteiger charge is 2.33. The minimum absolute atomic E-state index is 0.0242. The van der Waals surface area contributed by atoms with Gasteiger partial charge in [-0.05, 0) is 49.4 Å². The second kappa shape index (κ2) is 8.40. The topological polar surface area (TPSA) is 92.5 Å². The summed E-state index contributed by atoms with van der Waals surface area (Å²) in [5.74, 6) is 4.44. The van der Waals surface area contributed by atoms with Gasteiger partial charge in [0.05, 0.1) is 21.7 Å². The number of para-hydroxylation sites is 1. The Morgan fingerprint density at radius 1 is 0.968 bits per heavy atom. The molecule has 6 nitrogen and oxygen atoms in total. The number of nitrogens with two attached hydrogens (primary N) is 1. The average Bonchev–Trinajstić information content (AvgIpc) is 2.73. The maximum Gasteiger partial charge on any atom is 0.416 e. The number of sulfonamides is 1. The Bertz CT molecular complexity index is 1200. The van der Waals surface area contributed by atoms with Crippen molar-refractivity contribution in [3.63, 3.8) is 0 Å². The highest BCUT2D eigenvalue weighted by Crippen LogP contribution is 2.34. The second-order valence-electron chi connectivity index (χ2n) is 6.67. The van der Waals surface area contributed by atoms with E-state index in [2.05, 4.69) is 5.32 Å². The molecule has 0 aromatic heterocycles. The van der Waals surface area contributed by atoms with Crippen LogP contribution in [-0.4, -0.2) is 18.7 Å². The summed E-state index contributed by atoms with van der Waals surface area (Å²) in [6.45, 7) is 1.76. The first-order valence-corrected chi connectivity index (χ1v) is 10.4. The summed E-state index contributed by atoms with van der Waals surface area (Å²) in [6, 6.07) is 16.1. The Balaban J connectivity index is 2.03. The van der Waals surface area contributed by atoms with Gasteiger partial charge in [0.1, 0.15) is 0 Å².